The van der Waals surface area contributed by atoms with Crippen molar-refractivity contribution in [3.05, 3.63) is 106 Å². The molecule has 3 aromatic carbocycles. The first-order chi connectivity index (χ1) is 14.0. The van der Waals surface area contributed by atoms with Crippen LogP contribution >= 0.6 is 31.9 Å². The number of halogens is 2. The molecule has 0 aliphatic carbocycles. The second-order valence-electron chi connectivity index (χ2n) is 6.29. The first-order valence-corrected chi connectivity index (χ1v) is 10.6. The number of carbonyl (C=O) groups excluding carboxylic acids is 1. The molecule has 5 nitrogen and oxygen atoms in total. The number of ketones is 1. The fourth-order valence-corrected chi connectivity index (χ4v) is 3.86. The lowest BCUT2D eigenvalue weighted by Gasteiger charge is -2.18. The molecule has 148 valence electrons. The minimum atomic E-state index is -0.578. The second kappa shape index (κ2) is 9.80. The molecule has 0 bridgehead atoms. The van der Waals surface area contributed by atoms with E-state index in [0.29, 0.717) is 17.9 Å². The first kappa shape index (κ1) is 21.2. The number of rotatable bonds is 8. The third kappa shape index (κ3) is 5.31. The molecule has 0 aliphatic rings. The summed E-state index contributed by atoms with van der Waals surface area (Å²) in [5.74, 6) is 0.364. The number of para-hydroxylation sites is 1. The van der Waals surface area contributed by atoms with Crippen LogP contribution in [0.15, 0.2) is 78.9 Å². The largest absolute Gasteiger partial charge is 0.488 e. The van der Waals surface area contributed by atoms with Gasteiger partial charge in [0, 0.05) is 12.1 Å². The second-order valence-corrected chi connectivity index (χ2v) is 8.26. The molecule has 2 atom stereocenters. The van der Waals surface area contributed by atoms with E-state index < -0.39 is 9.75 Å². The van der Waals surface area contributed by atoms with Crippen LogP contribution in [0.1, 0.15) is 26.3 Å². The highest BCUT2D eigenvalue weighted by atomic mass is 79.9. The molecule has 0 aromatic heterocycles. The van der Waals surface area contributed by atoms with Crippen molar-refractivity contribution in [3.63, 3.8) is 0 Å². The lowest BCUT2D eigenvalue weighted by molar-refractivity contribution is -0.384. The van der Waals surface area contributed by atoms with Crippen molar-refractivity contribution in [3.8, 4) is 5.75 Å². The fourth-order valence-electron chi connectivity index (χ4n) is 2.76. The van der Waals surface area contributed by atoms with Crippen molar-refractivity contribution in [2.45, 2.75) is 16.3 Å². The zero-order valence-corrected chi connectivity index (χ0v) is 18.4. The molecule has 3 rings (SSSR count). The number of alkyl halides is 2. The van der Waals surface area contributed by atoms with Gasteiger partial charge in [-0.05, 0) is 23.3 Å². The topological polar surface area (TPSA) is 69.4 Å². The molecule has 0 amide bonds. The van der Waals surface area contributed by atoms with Crippen molar-refractivity contribution in [1.82, 2.24) is 0 Å². The highest BCUT2D eigenvalue weighted by Crippen LogP contribution is 2.35. The molecule has 0 heterocycles. The fraction of sp³-hybridized carbons (Fsp3) is 0.136. The Labute approximate surface area is 185 Å². The molecule has 0 saturated carbocycles. The Morgan fingerprint density at radius 3 is 2.21 bits per heavy atom. The molecule has 3 aromatic rings. The van der Waals surface area contributed by atoms with Gasteiger partial charge in [0.15, 0.2) is 5.78 Å². The van der Waals surface area contributed by atoms with Gasteiger partial charge >= 0.3 is 0 Å². The number of carbonyl (C=O) groups is 1. The number of hydrogen-bond donors (Lipinski definition) is 0. The van der Waals surface area contributed by atoms with Gasteiger partial charge in [0.2, 0.25) is 0 Å². The maximum absolute atomic E-state index is 13.1. The van der Waals surface area contributed by atoms with Crippen LogP contribution in [0.5, 0.6) is 5.75 Å². The van der Waals surface area contributed by atoms with Crippen LogP contribution in [0, 0.1) is 10.1 Å². The van der Waals surface area contributed by atoms with Gasteiger partial charge < -0.3 is 4.74 Å². The number of Topliss-reactive ketones (excluding diaryl/α,β-unsaturated/α-hetero) is 1. The van der Waals surface area contributed by atoms with E-state index in [2.05, 4.69) is 31.9 Å². The lowest BCUT2D eigenvalue weighted by Crippen LogP contribution is -2.20. The number of non-ortho nitro benzene ring substituents is 1. The molecular weight excluding hydrogens is 502 g/mol. The summed E-state index contributed by atoms with van der Waals surface area (Å²) in [6.45, 7) is 0.359. The Morgan fingerprint density at radius 2 is 1.55 bits per heavy atom. The lowest BCUT2D eigenvalue weighted by atomic mass is 10.0. The number of hydrogen-bond acceptors (Lipinski definition) is 4. The summed E-state index contributed by atoms with van der Waals surface area (Å²) >= 11 is 7.01. The van der Waals surface area contributed by atoms with Gasteiger partial charge in [0.25, 0.3) is 5.69 Å². The summed E-state index contributed by atoms with van der Waals surface area (Å²) in [5, 5.41) is 10.8. The summed E-state index contributed by atoms with van der Waals surface area (Å²) in [5.41, 5.74) is 2.24. The number of nitrogens with zero attached hydrogens (tertiary/aromatic N) is 1. The Kier molecular flexibility index (Phi) is 7.17. The van der Waals surface area contributed by atoms with Crippen molar-refractivity contribution < 1.29 is 14.5 Å². The van der Waals surface area contributed by atoms with Crippen LogP contribution in [-0.2, 0) is 6.61 Å². The quantitative estimate of drug-likeness (QED) is 0.153. The standard InChI is InChI=1S/C22H17Br2NO4/c23-20(16-10-12-17(13-11-16)25(27)28)21(24)22(26)18-8-4-5-9-19(18)29-14-15-6-2-1-3-7-15/h1-13,20-21H,14H2/t20-,21-/m1/s1. The monoisotopic (exact) mass is 517 g/mol. The zero-order chi connectivity index (χ0) is 20.8. The summed E-state index contributed by atoms with van der Waals surface area (Å²) < 4.78 is 5.89. The molecule has 0 spiro atoms. The molecule has 0 N–H and O–H groups in total. The van der Waals surface area contributed by atoms with Gasteiger partial charge in [-0.1, -0.05) is 86.5 Å². The minimum Gasteiger partial charge on any atom is -0.488 e. The van der Waals surface area contributed by atoms with Crippen molar-refractivity contribution in [2.24, 2.45) is 0 Å². The van der Waals surface area contributed by atoms with Crippen molar-refractivity contribution in [1.29, 1.82) is 0 Å². The van der Waals surface area contributed by atoms with E-state index in [1.54, 1.807) is 30.3 Å². The summed E-state index contributed by atoms with van der Waals surface area (Å²) in [7, 11) is 0. The summed E-state index contributed by atoms with van der Waals surface area (Å²) in [6, 6.07) is 22.9. The molecular formula is C22H17Br2NO4. The van der Waals surface area contributed by atoms with Crippen molar-refractivity contribution >= 4 is 43.3 Å². The van der Waals surface area contributed by atoms with Crippen LogP contribution in [0.3, 0.4) is 0 Å². The maximum Gasteiger partial charge on any atom is 0.269 e. The van der Waals surface area contributed by atoms with E-state index >= 15 is 0 Å². The molecule has 0 aliphatic heterocycles. The number of nitro benzene ring substituents is 1. The minimum absolute atomic E-state index is 0.00514. The number of nitro groups is 1. The van der Waals surface area contributed by atoms with Crippen LogP contribution in [-0.4, -0.2) is 15.5 Å². The Bertz CT molecular complexity index is 993. The highest BCUT2D eigenvalue weighted by molar-refractivity contribution is 9.12. The molecule has 0 fully saturated rings. The predicted octanol–water partition coefficient (Wildman–Crippen LogP) is 6.26. The van der Waals surface area contributed by atoms with E-state index in [-0.39, 0.29) is 16.3 Å². The van der Waals surface area contributed by atoms with Gasteiger partial charge in [0.1, 0.15) is 12.4 Å². The van der Waals surface area contributed by atoms with E-state index in [0.717, 1.165) is 11.1 Å². The van der Waals surface area contributed by atoms with Gasteiger partial charge in [-0.15, -0.1) is 0 Å². The smallest absolute Gasteiger partial charge is 0.269 e. The molecule has 7 heteroatoms. The normalized spacial score (nSPS) is 12.8. The van der Waals surface area contributed by atoms with Gasteiger partial charge in [0.05, 0.1) is 20.1 Å². The van der Waals surface area contributed by atoms with Crippen LogP contribution in [0.4, 0.5) is 5.69 Å². The van der Waals surface area contributed by atoms with E-state index in [1.807, 2.05) is 36.4 Å². The highest BCUT2D eigenvalue weighted by Gasteiger charge is 2.28. The van der Waals surface area contributed by atoms with E-state index in [9.17, 15) is 14.9 Å². The SMILES string of the molecule is O=C(c1ccccc1OCc1ccccc1)[C@H](Br)[C@H](Br)c1ccc([N+](=O)[O-])cc1. The maximum atomic E-state index is 13.1. The van der Waals surface area contributed by atoms with Gasteiger partial charge in [-0.3, -0.25) is 14.9 Å². The summed E-state index contributed by atoms with van der Waals surface area (Å²) in [6.07, 6.45) is 0. The Hall–Kier alpha value is -2.51. The molecule has 0 unspecified atom stereocenters. The van der Waals surface area contributed by atoms with Crippen LogP contribution in [0.25, 0.3) is 0 Å². The van der Waals surface area contributed by atoms with Crippen LogP contribution < -0.4 is 4.74 Å². The number of benzene rings is 3. The third-order valence-corrected chi connectivity index (χ3v) is 7.03. The molecule has 0 radical (unpaired) electrons. The average Bonchev–Trinajstić information content (AvgIpc) is 2.77. The number of ether oxygens (including phenoxy) is 1. The van der Waals surface area contributed by atoms with E-state index in [1.165, 1.54) is 12.1 Å². The molecule has 29 heavy (non-hydrogen) atoms. The summed E-state index contributed by atoms with van der Waals surface area (Å²) in [4.78, 5) is 22.5. The zero-order valence-electron chi connectivity index (χ0n) is 15.2. The molecule has 0 saturated heterocycles. The Morgan fingerprint density at radius 1 is 0.931 bits per heavy atom. The van der Waals surface area contributed by atoms with Crippen molar-refractivity contribution in [2.75, 3.05) is 0 Å². The average molecular weight is 519 g/mol. The van der Waals surface area contributed by atoms with Crippen LogP contribution in [0.2, 0.25) is 0 Å². The predicted molar refractivity (Wildman–Crippen MR) is 119 cm³/mol. The van der Waals surface area contributed by atoms with E-state index in [4.69, 9.17) is 4.74 Å². The Balaban J connectivity index is 1.76. The van der Waals surface area contributed by atoms with Gasteiger partial charge in [-0.25, -0.2) is 0 Å². The van der Waals surface area contributed by atoms with Gasteiger partial charge in [-0.2, -0.15) is 0 Å². The third-order valence-electron chi connectivity index (χ3n) is 4.32. The first-order valence-electron chi connectivity index (χ1n) is 8.80.